The number of carbonyl (C=O) groups is 1. The summed E-state index contributed by atoms with van der Waals surface area (Å²) in [6, 6.07) is 3.63. The number of nitrogens with zero attached hydrogens (tertiary/aromatic N) is 3. The van der Waals surface area contributed by atoms with Crippen LogP contribution in [0.15, 0.2) is 18.3 Å². The summed E-state index contributed by atoms with van der Waals surface area (Å²) in [4.78, 5) is 20.9. The molecule has 1 aliphatic heterocycles. The van der Waals surface area contributed by atoms with Crippen LogP contribution >= 0.6 is 0 Å². The average Bonchev–Trinajstić information content (AvgIpc) is 2.54. The van der Waals surface area contributed by atoms with Gasteiger partial charge in [0.2, 0.25) is 5.91 Å². The van der Waals surface area contributed by atoms with Crippen LogP contribution in [0.25, 0.3) is 0 Å². The molecule has 0 radical (unpaired) electrons. The molecule has 3 N–H and O–H groups in total. The first-order valence-electron chi connectivity index (χ1n) is 8.02. The van der Waals surface area contributed by atoms with Crippen LogP contribution in [0.5, 0.6) is 0 Å². The first kappa shape index (κ1) is 16.7. The van der Waals surface area contributed by atoms with Crippen molar-refractivity contribution in [1.29, 1.82) is 0 Å². The Labute approximate surface area is 132 Å². The summed E-state index contributed by atoms with van der Waals surface area (Å²) in [5.41, 5.74) is 6.78. The highest BCUT2D eigenvalue weighted by molar-refractivity contribution is 5.81. The van der Waals surface area contributed by atoms with Crippen LogP contribution in [-0.2, 0) is 11.3 Å². The fourth-order valence-corrected chi connectivity index (χ4v) is 2.51. The Kier molecular flexibility index (Phi) is 6.15. The van der Waals surface area contributed by atoms with Gasteiger partial charge in [-0.25, -0.2) is 4.98 Å². The Morgan fingerprint density at radius 3 is 2.68 bits per heavy atom. The van der Waals surface area contributed by atoms with E-state index in [0.717, 1.165) is 44.0 Å². The number of pyridine rings is 1. The van der Waals surface area contributed by atoms with Crippen LogP contribution in [0.2, 0.25) is 0 Å². The fraction of sp³-hybridized carbons (Fsp3) is 0.625. The van der Waals surface area contributed by atoms with Gasteiger partial charge in [-0.3, -0.25) is 4.79 Å². The Bertz CT molecular complexity index is 468. The second-order valence-electron chi connectivity index (χ2n) is 5.93. The molecule has 1 aliphatic rings. The summed E-state index contributed by atoms with van der Waals surface area (Å²) in [5, 5.41) is 2.86. The maximum atomic E-state index is 11.8. The molecule has 0 aliphatic carbocycles. The van der Waals surface area contributed by atoms with E-state index in [9.17, 15) is 4.79 Å². The number of piperazine rings is 1. The molecule has 6 nitrogen and oxygen atoms in total. The van der Waals surface area contributed by atoms with Gasteiger partial charge in [-0.1, -0.05) is 19.4 Å². The minimum atomic E-state index is -0.414. The third kappa shape index (κ3) is 4.68. The number of nitrogens with two attached hydrogens (primary N) is 1. The monoisotopic (exact) mass is 305 g/mol. The summed E-state index contributed by atoms with van der Waals surface area (Å²) in [5.74, 6) is 0.913. The summed E-state index contributed by atoms with van der Waals surface area (Å²) in [6.07, 6.45) is 3.46. The Balaban J connectivity index is 1.83. The zero-order valence-electron chi connectivity index (χ0n) is 13.6. The van der Waals surface area contributed by atoms with Gasteiger partial charge in [-0.05, 0) is 25.1 Å². The first-order chi connectivity index (χ1) is 10.6. The number of anilines is 1. The molecular weight excluding hydrogens is 278 g/mol. The molecule has 1 unspecified atom stereocenters. The largest absolute Gasteiger partial charge is 0.354 e. The molecular formula is C16H27N5O. The molecule has 0 aromatic carbocycles. The minimum absolute atomic E-state index is 0.0926. The lowest BCUT2D eigenvalue weighted by molar-refractivity contribution is -0.122. The van der Waals surface area contributed by atoms with E-state index in [-0.39, 0.29) is 5.91 Å². The maximum Gasteiger partial charge on any atom is 0.237 e. The third-order valence-electron chi connectivity index (χ3n) is 4.04. The molecule has 1 saturated heterocycles. The molecule has 1 aromatic rings. The number of hydrogen-bond donors (Lipinski definition) is 2. The number of rotatable bonds is 6. The van der Waals surface area contributed by atoms with E-state index in [1.165, 1.54) is 0 Å². The van der Waals surface area contributed by atoms with Crippen LogP contribution < -0.4 is 16.0 Å². The molecule has 2 heterocycles. The summed E-state index contributed by atoms with van der Waals surface area (Å²) in [6.45, 7) is 6.64. The summed E-state index contributed by atoms with van der Waals surface area (Å²) >= 11 is 0. The van der Waals surface area contributed by atoms with E-state index in [4.69, 9.17) is 5.73 Å². The zero-order chi connectivity index (χ0) is 15.9. The summed E-state index contributed by atoms with van der Waals surface area (Å²) < 4.78 is 0. The number of carbonyl (C=O) groups excluding carboxylic acids is 1. The van der Waals surface area contributed by atoms with E-state index in [1.54, 1.807) is 0 Å². The lowest BCUT2D eigenvalue weighted by atomic mass is 10.1. The molecule has 0 bridgehead atoms. The SMILES string of the molecule is CCCC(N)C(=O)NCc1ccc(N2CCN(C)CC2)nc1. The number of likely N-dealkylation sites (N-methyl/N-ethyl adjacent to an activating group) is 1. The van der Waals surface area contributed by atoms with Gasteiger partial charge in [0, 0.05) is 38.9 Å². The van der Waals surface area contributed by atoms with Gasteiger partial charge in [0.15, 0.2) is 0 Å². The van der Waals surface area contributed by atoms with Crippen molar-refractivity contribution in [2.75, 3.05) is 38.1 Å². The zero-order valence-corrected chi connectivity index (χ0v) is 13.6. The molecule has 1 amide bonds. The molecule has 6 heteroatoms. The molecule has 1 fully saturated rings. The van der Waals surface area contributed by atoms with E-state index in [0.29, 0.717) is 13.0 Å². The highest BCUT2D eigenvalue weighted by Crippen LogP contribution is 2.13. The number of hydrogen-bond acceptors (Lipinski definition) is 5. The van der Waals surface area contributed by atoms with E-state index in [1.807, 2.05) is 25.3 Å². The number of nitrogens with one attached hydrogen (secondary N) is 1. The highest BCUT2D eigenvalue weighted by Gasteiger charge is 2.15. The normalized spacial score (nSPS) is 17.3. The van der Waals surface area contributed by atoms with Crippen LogP contribution in [-0.4, -0.2) is 55.1 Å². The van der Waals surface area contributed by atoms with Crippen LogP contribution in [0.1, 0.15) is 25.3 Å². The van der Waals surface area contributed by atoms with Crippen molar-refractivity contribution < 1.29 is 4.79 Å². The van der Waals surface area contributed by atoms with Crippen molar-refractivity contribution in [2.45, 2.75) is 32.4 Å². The molecule has 0 saturated carbocycles. The molecule has 1 atom stereocenters. The lowest BCUT2D eigenvalue weighted by Gasteiger charge is -2.33. The second-order valence-corrected chi connectivity index (χ2v) is 5.93. The van der Waals surface area contributed by atoms with Gasteiger partial charge in [-0.15, -0.1) is 0 Å². The molecule has 1 aromatic heterocycles. The number of amides is 1. The number of aromatic nitrogens is 1. The van der Waals surface area contributed by atoms with Crippen LogP contribution in [0.3, 0.4) is 0 Å². The van der Waals surface area contributed by atoms with Crippen molar-refractivity contribution in [3.8, 4) is 0 Å². The van der Waals surface area contributed by atoms with Crippen LogP contribution in [0.4, 0.5) is 5.82 Å². The highest BCUT2D eigenvalue weighted by atomic mass is 16.2. The maximum absolute atomic E-state index is 11.8. The van der Waals surface area contributed by atoms with Gasteiger partial charge in [0.25, 0.3) is 0 Å². The van der Waals surface area contributed by atoms with Gasteiger partial charge >= 0.3 is 0 Å². The van der Waals surface area contributed by atoms with Gasteiger partial charge in [0.05, 0.1) is 6.04 Å². The van der Waals surface area contributed by atoms with Gasteiger partial charge in [-0.2, -0.15) is 0 Å². The van der Waals surface area contributed by atoms with Crippen molar-refractivity contribution in [2.24, 2.45) is 5.73 Å². The van der Waals surface area contributed by atoms with Crippen molar-refractivity contribution in [1.82, 2.24) is 15.2 Å². The quantitative estimate of drug-likeness (QED) is 0.804. The fourth-order valence-electron chi connectivity index (χ4n) is 2.51. The Morgan fingerprint density at radius 2 is 2.09 bits per heavy atom. The molecule has 2 rings (SSSR count). The topological polar surface area (TPSA) is 74.5 Å². The van der Waals surface area contributed by atoms with Crippen molar-refractivity contribution >= 4 is 11.7 Å². The predicted molar refractivity (Wildman–Crippen MR) is 88.7 cm³/mol. The smallest absolute Gasteiger partial charge is 0.237 e. The predicted octanol–water partition coefficient (Wildman–Crippen LogP) is 0.577. The van der Waals surface area contributed by atoms with Gasteiger partial charge in [0.1, 0.15) is 5.82 Å². The van der Waals surface area contributed by atoms with E-state index < -0.39 is 6.04 Å². The van der Waals surface area contributed by atoms with Crippen molar-refractivity contribution in [3.05, 3.63) is 23.9 Å². The molecule has 0 spiro atoms. The standard InChI is InChI=1S/C16H27N5O/c1-3-4-14(17)16(22)19-12-13-5-6-15(18-11-13)21-9-7-20(2)8-10-21/h5-6,11,14H,3-4,7-10,12,17H2,1-2H3,(H,19,22). The Hall–Kier alpha value is -1.66. The Morgan fingerprint density at radius 1 is 1.36 bits per heavy atom. The summed E-state index contributed by atoms with van der Waals surface area (Å²) in [7, 11) is 2.14. The van der Waals surface area contributed by atoms with Crippen LogP contribution in [0, 0.1) is 0 Å². The molecule has 122 valence electrons. The van der Waals surface area contributed by atoms with Crippen molar-refractivity contribution in [3.63, 3.8) is 0 Å². The average molecular weight is 305 g/mol. The lowest BCUT2D eigenvalue weighted by Crippen LogP contribution is -2.44. The van der Waals surface area contributed by atoms with E-state index in [2.05, 4.69) is 27.1 Å². The third-order valence-corrected chi connectivity index (χ3v) is 4.04. The minimum Gasteiger partial charge on any atom is -0.354 e. The first-order valence-corrected chi connectivity index (χ1v) is 8.02. The molecule has 22 heavy (non-hydrogen) atoms. The van der Waals surface area contributed by atoms with Gasteiger partial charge < -0.3 is 20.9 Å². The van der Waals surface area contributed by atoms with E-state index >= 15 is 0 Å². The second kappa shape index (κ2) is 8.10.